The second-order valence-corrected chi connectivity index (χ2v) is 13.8. The molecule has 3 heteroatoms. The number of nitrogens with one attached hydrogen (secondary N) is 1. The van der Waals surface area contributed by atoms with Gasteiger partial charge >= 0.3 is 0 Å². The zero-order valence-electron chi connectivity index (χ0n) is 18.7. The molecular weight excluding hydrogens is 370 g/mol. The lowest BCUT2D eigenvalue weighted by atomic mass is 10.1. The van der Waals surface area contributed by atoms with Crippen molar-refractivity contribution in [2.75, 3.05) is 0 Å². The smallest absolute Gasteiger partial charge is 0.250 e. The average molecular weight is 408 g/mol. The van der Waals surface area contributed by atoms with E-state index in [1.165, 1.54) is 11.1 Å². The van der Waals surface area contributed by atoms with E-state index >= 15 is 0 Å². The fourth-order valence-electron chi connectivity index (χ4n) is 2.83. The Morgan fingerprint density at radius 3 is 2.07 bits per heavy atom. The Morgan fingerprint density at radius 1 is 1.00 bits per heavy atom. The topological polar surface area (TPSA) is 21.3 Å². The molecule has 0 amide bonds. The van der Waals surface area contributed by atoms with Gasteiger partial charge in [0.05, 0.1) is 11.8 Å². The minimum atomic E-state index is -1.94. The monoisotopic (exact) mass is 407 g/mol. The van der Waals surface area contributed by atoms with Crippen LogP contribution in [0.15, 0.2) is 85.2 Å². The van der Waals surface area contributed by atoms with E-state index in [1.807, 2.05) is 12.1 Å². The molecule has 0 heterocycles. The predicted octanol–water partition coefficient (Wildman–Crippen LogP) is 6.87. The Kier molecular flexibility index (Phi) is 8.48. The summed E-state index contributed by atoms with van der Waals surface area (Å²) in [5, 5.41) is 3.77. The van der Waals surface area contributed by atoms with Crippen LogP contribution in [0.3, 0.4) is 0 Å². The van der Waals surface area contributed by atoms with Gasteiger partial charge in [0, 0.05) is 6.54 Å². The molecule has 1 N–H and O–H groups in total. The summed E-state index contributed by atoms with van der Waals surface area (Å²) < 4.78 is 6.75. The molecule has 0 fully saturated rings. The van der Waals surface area contributed by atoms with Gasteiger partial charge in [-0.05, 0) is 48.2 Å². The number of benzene rings is 2. The van der Waals surface area contributed by atoms with Gasteiger partial charge < -0.3 is 9.74 Å². The Hall–Kier alpha value is -2.10. The summed E-state index contributed by atoms with van der Waals surface area (Å²) in [5.74, 6) is 1.01. The highest BCUT2D eigenvalue weighted by Crippen LogP contribution is 2.38. The minimum absolute atomic E-state index is 0.0000967. The lowest BCUT2D eigenvalue weighted by Gasteiger charge is -2.38. The molecular formula is C26H37NOSi. The maximum atomic E-state index is 6.75. The van der Waals surface area contributed by atoms with Crippen LogP contribution in [0.5, 0.6) is 0 Å². The Labute approximate surface area is 178 Å². The van der Waals surface area contributed by atoms with Gasteiger partial charge in [-0.25, -0.2) is 0 Å². The quantitative estimate of drug-likeness (QED) is 0.263. The van der Waals surface area contributed by atoms with Crippen molar-refractivity contribution in [1.29, 1.82) is 0 Å². The fourth-order valence-corrected chi connectivity index (χ4v) is 3.94. The lowest BCUT2D eigenvalue weighted by Crippen LogP contribution is -2.43. The number of hydrogen-bond acceptors (Lipinski definition) is 2. The molecule has 0 spiro atoms. The van der Waals surface area contributed by atoms with Gasteiger partial charge in [-0.2, -0.15) is 0 Å². The number of rotatable bonds is 10. The summed E-state index contributed by atoms with van der Waals surface area (Å²) in [5.41, 5.74) is 2.61. The number of hydrogen-bond donors (Lipinski definition) is 1. The van der Waals surface area contributed by atoms with Crippen LogP contribution in [0.25, 0.3) is 0 Å². The average Bonchev–Trinajstić information content (AvgIpc) is 2.69. The highest BCUT2D eigenvalue weighted by Gasteiger charge is 2.40. The summed E-state index contributed by atoms with van der Waals surface area (Å²) >= 11 is 0. The summed E-state index contributed by atoms with van der Waals surface area (Å²) in [6.45, 7) is 16.3. The van der Waals surface area contributed by atoms with E-state index in [-0.39, 0.29) is 11.1 Å². The zero-order chi connectivity index (χ0) is 21.3. The van der Waals surface area contributed by atoms with Crippen molar-refractivity contribution in [2.24, 2.45) is 0 Å². The molecule has 156 valence electrons. The van der Waals surface area contributed by atoms with Crippen molar-refractivity contribution in [3.63, 3.8) is 0 Å². The standard InChI is InChI=1S/C26H37NOSi/c1-7-24(27-21-23-17-12-9-13-18-23)25(28-29(5,6)26(2,3)4)20-14-19-22-15-10-8-11-16-22/h7-13,15-18,20,24,27H,1,14,19,21H2,2-6H3/b25-20-/t24-/m0/s1. The van der Waals surface area contributed by atoms with Gasteiger partial charge in [-0.1, -0.05) is 87.5 Å². The highest BCUT2D eigenvalue weighted by atomic mass is 28.4. The summed E-state index contributed by atoms with van der Waals surface area (Å²) in [6.07, 6.45) is 6.18. The third-order valence-corrected chi connectivity index (χ3v) is 10.1. The first-order valence-corrected chi connectivity index (χ1v) is 13.5. The summed E-state index contributed by atoms with van der Waals surface area (Å²) in [4.78, 5) is 0. The third-order valence-electron chi connectivity index (χ3n) is 5.71. The molecule has 0 aromatic heterocycles. The van der Waals surface area contributed by atoms with E-state index in [1.54, 1.807) is 0 Å². The van der Waals surface area contributed by atoms with Gasteiger partial charge in [0.15, 0.2) is 0 Å². The van der Waals surface area contributed by atoms with Crippen LogP contribution in [0.4, 0.5) is 0 Å². The molecule has 0 bridgehead atoms. The summed E-state index contributed by atoms with van der Waals surface area (Å²) in [6, 6.07) is 21.1. The second kappa shape index (κ2) is 10.6. The molecule has 2 aromatic rings. The van der Waals surface area contributed by atoms with Gasteiger partial charge in [-0.3, -0.25) is 0 Å². The first-order valence-electron chi connectivity index (χ1n) is 10.6. The van der Waals surface area contributed by atoms with E-state index in [0.717, 1.165) is 25.1 Å². The van der Waals surface area contributed by atoms with Crippen LogP contribution < -0.4 is 5.32 Å². The van der Waals surface area contributed by atoms with Crippen LogP contribution in [-0.4, -0.2) is 14.4 Å². The van der Waals surface area contributed by atoms with Crippen molar-refractivity contribution in [2.45, 2.75) is 64.3 Å². The van der Waals surface area contributed by atoms with Gasteiger partial charge in [-0.15, -0.1) is 6.58 Å². The van der Waals surface area contributed by atoms with Crippen molar-refractivity contribution in [1.82, 2.24) is 5.32 Å². The molecule has 2 rings (SSSR count). The molecule has 0 saturated carbocycles. The largest absolute Gasteiger partial charge is 0.545 e. The Bertz CT molecular complexity index is 775. The van der Waals surface area contributed by atoms with E-state index in [4.69, 9.17) is 4.43 Å². The zero-order valence-corrected chi connectivity index (χ0v) is 19.7. The summed E-state index contributed by atoms with van der Waals surface area (Å²) in [7, 11) is -1.94. The normalized spacial score (nSPS) is 13.8. The van der Waals surface area contributed by atoms with Crippen molar-refractivity contribution in [3.05, 3.63) is 96.3 Å². The number of aryl methyl sites for hydroxylation is 1. The Balaban J connectivity index is 2.16. The van der Waals surface area contributed by atoms with E-state index in [9.17, 15) is 0 Å². The highest BCUT2D eigenvalue weighted by molar-refractivity contribution is 6.74. The van der Waals surface area contributed by atoms with Crippen LogP contribution in [0.2, 0.25) is 18.1 Å². The molecule has 0 aliphatic rings. The first kappa shape index (κ1) is 23.2. The van der Waals surface area contributed by atoms with Crippen LogP contribution >= 0.6 is 0 Å². The van der Waals surface area contributed by atoms with Crippen LogP contribution in [-0.2, 0) is 17.4 Å². The molecule has 0 radical (unpaired) electrons. The Morgan fingerprint density at radius 2 is 1.55 bits per heavy atom. The predicted molar refractivity (Wildman–Crippen MR) is 128 cm³/mol. The second-order valence-electron chi connectivity index (χ2n) is 9.07. The van der Waals surface area contributed by atoms with Gasteiger partial charge in [0.25, 0.3) is 0 Å². The van der Waals surface area contributed by atoms with E-state index in [2.05, 4.69) is 106 Å². The first-order chi connectivity index (χ1) is 13.7. The van der Waals surface area contributed by atoms with Gasteiger partial charge in [0.1, 0.15) is 0 Å². The van der Waals surface area contributed by atoms with Crippen LogP contribution in [0, 0.1) is 0 Å². The van der Waals surface area contributed by atoms with Gasteiger partial charge in [0.2, 0.25) is 8.32 Å². The molecule has 2 nitrogen and oxygen atoms in total. The van der Waals surface area contributed by atoms with Crippen molar-refractivity contribution >= 4 is 8.32 Å². The lowest BCUT2D eigenvalue weighted by molar-refractivity contribution is 0.344. The SMILES string of the molecule is C=C[C@H](NCc1ccccc1)/C(=C/CCc1ccccc1)O[Si](C)(C)C(C)(C)C. The molecule has 0 aliphatic heterocycles. The maximum Gasteiger partial charge on any atom is 0.250 e. The fraction of sp³-hybridized carbons (Fsp3) is 0.385. The van der Waals surface area contributed by atoms with Crippen LogP contribution in [0.1, 0.15) is 38.3 Å². The molecule has 1 atom stereocenters. The third kappa shape index (κ3) is 7.34. The molecule has 0 aliphatic carbocycles. The molecule has 0 unspecified atom stereocenters. The molecule has 29 heavy (non-hydrogen) atoms. The molecule has 0 saturated heterocycles. The maximum absolute atomic E-state index is 6.75. The molecule has 2 aromatic carbocycles. The number of allylic oxidation sites excluding steroid dienone is 1. The van der Waals surface area contributed by atoms with Crippen molar-refractivity contribution in [3.8, 4) is 0 Å². The minimum Gasteiger partial charge on any atom is -0.545 e. The van der Waals surface area contributed by atoms with E-state index in [0.29, 0.717) is 0 Å². The van der Waals surface area contributed by atoms with Crippen molar-refractivity contribution < 1.29 is 4.43 Å². The van der Waals surface area contributed by atoms with E-state index < -0.39 is 8.32 Å².